The molecule has 0 radical (unpaired) electrons. The van der Waals surface area contributed by atoms with Crippen LogP contribution in [0.3, 0.4) is 0 Å². The molecule has 0 aliphatic heterocycles. The first-order chi connectivity index (χ1) is 8.33. The van der Waals surface area contributed by atoms with Gasteiger partial charge in [-0.1, -0.05) is 6.07 Å². The lowest BCUT2D eigenvalue weighted by Gasteiger charge is -1.99. The number of rotatable bonds is 5. The summed E-state index contributed by atoms with van der Waals surface area (Å²) in [7, 11) is 0. The van der Waals surface area contributed by atoms with Crippen LogP contribution < -0.4 is 5.32 Å². The van der Waals surface area contributed by atoms with Crippen molar-refractivity contribution >= 4 is 11.3 Å². The second kappa shape index (κ2) is 4.63. The number of nitrogens with zero attached hydrogens (tertiary/aromatic N) is 1. The van der Waals surface area contributed by atoms with Crippen molar-refractivity contribution < 1.29 is 0 Å². The minimum atomic E-state index is 0.850. The smallest absolute Gasteiger partial charge is 0.121 e. The third kappa shape index (κ3) is 2.58. The van der Waals surface area contributed by atoms with Crippen LogP contribution in [0.25, 0.3) is 10.6 Å². The van der Waals surface area contributed by atoms with E-state index in [0.717, 1.165) is 36.2 Å². The lowest BCUT2D eigenvalue weighted by atomic mass is 10.3. The Bertz CT molecular complexity index is 483. The second-order valence-electron chi connectivity index (χ2n) is 4.71. The maximum atomic E-state index is 4.66. The van der Waals surface area contributed by atoms with E-state index in [9.17, 15) is 0 Å². The summed E-state index contributed by atoms with van der Waals surface area (Å²) in [6, 6.07) is 4.19. The molecular weight excluding hydrogens is 230 g/mol. The van der Waals surface area contributed by atoms with E-state index in [2.05, 4.69) is 39.7 Å². The molecule has 3 rings (SSSR count). The van der Waals surface area contributed by atoms with Gasteiger partial charge in [-0.25, -0.2) is 4.98 Å². The predicted octanol–water partition coefficient (Wildman–Crippen LogP) is 2.95. The number of hydrogen-bond acceptors (Lipinski definition) is 3. The van der Waals surface area contributed by atoms with Gasteiger partial charge in [-0.15, -0.1) is 11.3 Å². The van der Waals surface area contributed by atoms with Crippen molar-refractivity contribution in [3.63, 3.8) is 0 Å². The van der Waals surface area contributed by atoms with Crippen molar-refractivity contribution in [2.75, 3.05) is 6.54 Å². The molecular formula is C13H17N3S. The minimum absolute atomic E-state index is 0.850. The number of H-pyrrole nitrogens is 1. The third-order valence-electron chi connectivity index (χ3n) is 3.11. The van der Waals surface area contributed by atoms with E-state index in [-0.39, 0.29) is 0 Å². The van der Waals surface area contributed by atoms with Crippen LogP contribution in [0.15, 0.2) is 17.5 Å². The fourth-order valence-corrected chi connectivity index (χ4v) is 2.75. The molecule has 0 spiro atoms. The zero-order valence-electron chi connectivity index (χ0n) is 9.99. The maximum absolute atomic E-state index is 4.66. The summed E-state index contributed by atoms with van der Waals surface area (Å²) < 4.78 is 0. The van der Waals surface area contributed by atoms with Crippen molar-refractivity contribution in [2.24, 2.45) is 5.92 Å². The van der Waals surface area contributed by atoms with Gasteiger partial charge in [0.05, 0.1) is 11.4 Å². The number of nitrogens with one attached hydrogen (secondary N) is 2. The lowest BCUT2D eigenvalue weighted by Crippen LogP contribution is -2.16. The summed E-state index contributed by atoms with van der Waals surface area (Å²) in [5.41, 5.74) is 2.26. The summed E-state index contributed by atoms with van der Waals surface area (Å²) in [6.07, 6.45) is 2.79. The monoisotopic (exact) mass is 247 g/mol. The number of aromatic amines is 1. The highest BCUT2D eigenvalue weighted by Crippen LogP contribution is 2.28. The average Bonchev–Trinajstić information content (AvgIpc) is 2.85. The van der Waals surface area contributed by atoms with Gasteiger partial charge in [-0.05, 0) is 43.7 Å². The number of aryl methyl sites for hydroxylation is 1. The van der Waals surface area contributed by atoms with Crippen LogP contribution in [0, 0.1) is 12.8 Å². The van der Waals surface area contributed by atoms with E-state index in [1.165, 1.54) is 17.7 Å². The average molecular weight is 247 g/mol. The van der Waals surface area contributed by atoms with Crippen molar-refractivity contribution in [3.05, 3.63) is 29.0 Å². The molecule has 17 heavy (non-hydrogen) atoms. The van der Waals surface area contributed by atoms with Gasteiger partial charge in [0.15, 0.2) is 0 Å². The van der Waals surface area contributed by atoms with E-state index in [1.54, 1.807) is 11.3 Å². The first-order valence-corrected chi connectivity index (χ1v) is 7.01. The molecule has 3 nitrogen and oxygen atoms in total. The van der Waals surface area contributed by atoms with Crippen molar-refractivity contribution in [1.82, 2.24) is 15.3 Å². The quantitative estimate of drug-likeness (QED) is 0.853. The molecule has 0 saturated heterocycles. The maximum Gasteiger partial charge on any atom is 0.121 e. The zero-order valence-corrected chi connectivity index (χ0v) is 10.8. The van der Waals surface area contributed by atoms with Crippen LogP contribution in [0.5, 0.6) is 0 Å². The molecule has 2 aromatic heterocycles. The van der Waals surface area contributed by atoms with E-state index in [0.29, 0.717) is 0 Å². The summed E-state index contributed by atoms with van der Waals surface area (Å²) >= 11 is 1.74. The summed E-state index contributed by atoms with van der Waals surface area (Å²) in [6.45, 7) is 4.07. The first kappa shape index (κ1) is 11.0. The van der Waals surface area contributed by atoms with E-state index in [1.807, 2.05) is 0 Å². The molecule has 0 aromatic carbocycles. The van der Waals surface area contributed by atoms with Crippen LogP contribution >= 0.6 is 11.3 Å². The fraction of sp³-hybridized carbons (Fsp3) is 0.462. The second-order valence-corrected chi connectivity index (χ2v) is 5.66. The Balaban J connectivity index is 1.67. The van der Waals surface area contributed by atoms with E-state index < -0.39 is 0 Å². The van der Waals surface area contributed by atoms with Crippen LogP contribution in [-0.2, 0) is 6.54 Å². The number of hydrogen-bond donors (Lipinski definition) is 2. The molecule has 2 aromatic rings. The van der Waals surface area contributed by atoms with Crippen LogP contribution in [0.4, 0.5) is 0 Å². The first-order valence-electron chi connectivity index (χ1n) is 6.13. The summed E-state index contributed by atoms with van der Waals surface area (Å²) in [5.74, 6) is 1.97. The highest BCUT2D eigenvalue weighted by Gasteiger charge is 2.20. The highest BCUT2D eigenvalue weighted by molar-refractivity contribution is 7.13. The van der Waals surface area contributed by atoms with Gasteiger partial charge in [0, 0.05) is 5.69 Å². The van der Waals surface area contributed by atoms with Gasteiger partial charge >= 0.3 is 0 Å². The summed E-state index contributed by atoms with van der Waals surface area (Å²) in [5, 5.41) is 5.55. The van der Waals surface area contributed by atoms with Crippen LogP contribution in [0.1, 0.15) is 24.4 Å². The molecule has 1 aliphatic rings. The minimum Gasteiger partial charge on any atom is -0.344 e. The Morgan fingerprint density at radius 3 is 3.12 bits per heavy atom. The van der Waals surface area contributed by atoms with Gasteiger partial charge in [0.2, 0.25) is 0 Å². The van der Waals surface area contributed by atoms with Gasteiger partial charge < -0.3 is 10.3 Å². The lowest BCUT2D eigenvalue weighted by molar-refractivity contribution is 0.623. The SMILES string of the molecule is Cc1[nH]c(CNCC2CC2)nc1-c1cccs1. The van der Waals surface area contributed by atoms with Crippen molar-refractivity contribution in [3.8, 4) is 10.6 Å². The Labute approximate surface area is 105 Å². The van der Waals surface area contributed by atoms with Crippen LogP contribution in [0.2, 0.25) is 0 Å². The molecule has 0 bridgehead atoms. The van der Waals surface area contributed by atoms with E-state index >= 15 is 0 Å². The molecule has 1 fully saturated rings. The zero-order chi connectivity index (χ0) is 11.7. The molecule has 0 atom stereocenters. The molecule has 1 saturated carbocycles. The van der Waals surface area contributed by atoms with Gasteiger partial charge in [-0.2, -0.15) is 0 Å². The normalized spacial score (nSPS) is 15.4. The van der Waals surface area contributed by atoms with Gasteiger partial charge in [-0.3, -0.25) is 0 Å². The Morgan fingerprint density at radius 2 is 2.41 bits per heavy atom. The van der Waals surface area contributed by atoms with Gasteiger partial charge in [0.1, 0.15) is 11.5 Å². The Kier molecular flexibility index (Phi) is 2.99. The van der Waals surface area contributed by atoms with Gasteiger partial charge in [0.25, 0.3) is 0 Å². The molecule has 0 unspecified atom stereocenters. The molecule has 4 heteroatoms. The fourth-order valence-electron chi connectivity index (χ4n) is 1.98. The van der Waals surface area contributed by atoms with Crippen LogP contribution in [-0.4, -0.2) is 16.5 Å². The molecule has 90 valence electrons. The standard InChI is InChI=1S/C13H17N3S/c1-9-13(11-3-2-6-17-11)16-12(15-9)8-14-7-10-4-5-10/h2-3,6,10,14H,4-5,7-8H2,1H3,(H,15,16). The highest BCUT2D eigenvalue weighted by atomic mass is 32.1. The largest absolute Gasteiger partial charge is 0.344 e. The molecule has 2 heterocycles. The number of imidazole rings is 1. The van der Waals surface area contributed by atoms with Crippen molar-refractivity contribution in [1.29, 1.82) is 0 Å². The molecule has 1 aliphatic carbocycles. The van der Waals surface area contributed by atoms with E-state index in [4.69, 9.17) is 0 Å². The Morgan fingerprint density at radius 1 is 1.53 bits per heavy atom. The number of thiophene rings is 1. The van der Waals surface area contributed by atoms with Crippen molar-refractivity contribution in [2.45, 2.75) is 26.3 Å². The summed E-state index contributed by atoms with van der Waals surface area (Å²) in [4.78, 5) is 9.26. The topological polar surface area (TPSA) is 40.7 Å². The molecule has 2 N–H and O–H groups in total. The molecule has 0 amide bonds. The predicted molar refractivity (Wildman–Crippen MR) is 71.1 cm³/mol. The number of aromatic nitrogens is 2. The third-order valence-corrected chi connectivity index (χ3v) is 3.99. The Hall–Kier alpha value is -1.13.